The number of anilines is 1. The van der Waals surface area contributed by atoms with Crippen molar-refractivity contribution in [2.24, 2.45) is 0 Å². The van der Waals surface area contributed by atoms with Crippen LogP contribution < -0.4 is 9.62 Å². The number of sulfonamides is 1. The number of rotatable bonds is 13. The van der Waals surface area contributed by atoms with E-state index < -0.39 is 28.5 Å². The van der Waals surface area contributed by atoms with Gasteiger partial charge in [0.15, 0.2) is 0 Å². The number of amides is 2. The second-order valence-corrected chi connectivity index (χ2v) is 13.0. The van der Waals surface area contributed by atoms with Gasteiger partial charge in [-0.15, -0.1) is 11.8 Å². The fourth-order valence-corrected chi connectivity index (χ4v) is 6.30. The first kappa shape index (κ1) is 32.5. The third-order valence-electron chi connectivity index (χ3n) is 6.93. The predicted molar refractivity (Wildman–Crippen MR) is 168 cm³/mol. The molecule has 0 saturated carbocycles. The molecule has 10 heteroatoms. The molecule has 3 rings (SSSR count). The molecule has 0 fully saturated rings. The van der Waals surface area contributed by atoms with E-state index in [2.05, 4.69) is 5.32 Å². The first-order valence-corrected chi connectivity index (χ1v) is 16.6. The van der Waals surface area contributed by atoms with E-state index in [9.17, 15) is 18.0 Å². The molecule has 0 bridgehead atoms. The van der Waals surface area contributed by atoms with Crippen LogP contribution in [0.2, 0.25) is 5.02 Å². The van der Waals surface area contributed by atoms with Crippen molar-refractivity contribution in [2.75, 3.05) is 17.1 Å². The number of thioether (sulfide) groups is 1. The molecule has 3 aromatic rings. The van der Waals surface area contributed by atoms with E-state index in [1.54, 1.807) is 66.7 Å². The highest BCUT2D eigenvalue weighted by Crippen LogP contribution is 2.27. The quantitative estimate of drug-likeness (QED) is 0.229. The Bertz CT molecular complexity index is 1430. The molecule has 0 aliphatic heterocycles. The van der Waals surface area contributed by atoms with Crippen molar-refractivity contribution in [1.82, 2.24) is 10.2 Å². The zero-order chi connectivity index (χ0) is 30.2. The lowest BCUT2D eigenvalue weighted by atomic mass is 10.1. The molecular weight excluding hydrogens is 578 g/mol. The monoisotopic (exact) mass is 615 g/mol. The zero-order valence-corrected chi connectivity index (χ0v) is 26.5. The van der Waals surface area contributed by atoms with E-state index in [0.29, 0.717) is 22.7 Å². The number of benzene rings is 3. The SMILES string of the molecule is CCC(C)NC(=O)C(CC)N(Cc1ccccc1Cl)C(=O)CN(c1ccc(C)cc1)S(=O)(=O)c1ccc(SC)cc1. The van der Waals surface area contributed by atoms with Crippen LogP contribution in [-0.4, -0.2) is 50.0 Å². The summed E-state index contributed by atoms with van der Waals surface area (Å²) < 4.78 is 29.1. The maximum Gasteiger partial charge on any atom is 0.264 e. The summed E-state index contributed by atoms with van der Waals surface area (Å²) in [4.78, 5) is 29.9. The van der Waals surface area contributed by atoms with Gasteiger partial charge in [0.2, 0.25) is 11.8 Å². The van der Waals surface area contributed by atoms with Crippen molar-refractivity contribution in [2.45, 2.75) is 69.0 Å². The summed E-state index contributed by atoms with van der Waals surface area (Å²) in [6.07, 6.45) is 2.98. The van der Waals surface area contributed by atoms with Crippen molar-refractivity contribution in [3.05, 3.63) is 88.9 Å². The Kier molecular flexibility index (Phi) is 11.7. The van der Waals surface area contributed by atoms with Crippen molar-refractivity contribution < 1.29 is 18.0 Å². The van der Waals surface area contributed by atoms with E-state index in [1.165, 1.54) is 16.7 Å². The van der Waals surface area contributed by atoms with Crippen LogP contribution in [0.25, 0.3) is 0 Å². The number of hydrogen-bond acceptors (Lipinski definition) is 5. The van der Waals surface area contributed by atoms with Gasteiger partial charge >= 0.3 is 0 Å². The van der Waals surface area contributed by atoms with Gasteiger partial charge in [-0.05, 0) is 81.0 Å². The van der Waals surface area contributed by atoms with Gasteiger partial charge in [-0.2, -0.15) is 0 Å². The number of hydrogen-bond donors (Lipinski definition) is 1. The van der Waals surface area contributed by atoms with Crippen molar-refractivity contribution in [3.63, 3.8) is 0 Å². The Morgan fingerprint density at radius 3 is 2.15 bits per heavy atom. The Hall–Kier alpha value is -3.01. The van der Waals surface area contributed by atoms with Gasteiger partial charge in [0.1, 0.15) is 12.6 Å². The molecule has 0 spiro atoms. The van der Waals surface area contributed by atoms with E-state index in [4.69, 9.17) is 11.6 Å². The molecule has 7 nitrogen and oxygen atoms in total. The van der Waals surface area contributed by atoms with Crippen LogP contribution in [0.15, 0.2) is 82.6 Å². The molecule has 0 heterocycles. The summed E-state index contributed by atoms with van der Waals surface area (Å²) in [5.74, 6) is -0.805. The van der Waals surface area contributed by atoms with Crippen LogP contribution in [0.3, 0.4) is 0 Å². The molecule has 0 radical (unpaired) electrons. The smallest absolute Gasteiger partial charge is 0.264 e. The average molecular weight is 616 g/mol. The molecule has 220 valence electrons. The van der Waals surface area contributed by atoms with Crippen LogP contribution in [0, 0.1) is 6.92 Å². The zero-order valence-electron chi connectivity index (χ0n) is 24.1. The average Bonchev–Trinajstić information content (AvgIpc) is 2.97. The van der Waals surface area contributed by atoms with Crippen molar-refractivity contribution in [1.29, 1.82) is 0 Å². The normalized spacial score (nSPS) is 12.8. The number of carbonyl (C=O) groups is 2. The van der Waals surface area contributed by atoms with Gasteiger partial charge in [-0.3, -0.25) is 13.9 Å². The number of carbonyl (C=O) groups excluding carboxylic acids is 2. The number of nitrogens with zero attached hydrogens (tertiary/aromatic N) is 2. The topological polar surface area (TPSA) is 86.8 Å². The predicted octanol–water partition coefficient (Wildman–Crippen LogP) is 6.29. The molecule has 2 unspecified atom stereocenters. The Morgan fingerprint density at radius 1 is 0.951 bits per heavy atom. The minimum atomic E-state index is -4.13. The molecule has 3 aromatic carbocycles. The molecule has 0 saturated heterocycles. The molecular formula is C31H38ClN3O4S2. The van der Waals surface area contributed by atoms with Gasteiger partial charge in [-0.25, -0.2) is 8.42 Å². The van der Waals surface area contributed by atoms with Gasteiger partial charge in [0, 0.05) is 22.5 Å². The van der Waals surface area contributed by atoms with Crippen molar-refractivity contribution >= 4 is 50.9 Å². The summed E-state index contributed by atoms with van der Waals surface area (Å²) in [5.41, 5.74) is 1.97. The van der Waals surface area contributed by atoms with Gasteiger partial charge < -0.3 is 10.2 Å². The van der Waals surface area contributed by atoms with Gasteiger partial charge in [0.05, 0.1) is 10.6 Å². The molecule has 0 aliphatic carbocycles. The number of nitrogens with one attached hydrogen (secondary N) is 1. The maximum atomic E-state index is 14.1. The second-order valence-electron chi connectivity index (χ2n) is 9.88. The third-order valence-corrected chi connectivity index (χ3v) is 9.83. The van der Waals surface area contributed by atoms with E-state index in [1.807, 2.05) is 40.0 Å². The van der Waals surface area contributed by atoms with Crippen molar-refractivity contribution in [3.8, 4) is 0 Å². The summed E-state index contributed by atoms with van der Waals surface area (Å²) in [5, 5.41) is 3.43. The molecule has 1 N–H and O–H groups in total. The van der Waals surface area contributed by atoms with Crippen LogP contribution in [0.5, 0.6) is 0 Å². The third kappa shape index (κ3) is 8.27. The second kappa shape index (κ2) is 14.8. The highest BCUT2D eigenvalue weighted by Gasteiger charge is 2.34. The van der Waals surface area contributed by atoms with Crippen LogP contribution >= 0.6 is 23.4 Å². The fraction of sp³-hybridized carbons (Fsp3) is 0.355. The Labute approximate surface area is 253 Å². The summed E-state index contributed by atoms with van der Waals surface area (Å²) in [6, 6.07) is 19.7. The number of halogens is 1. The largest absolute Gasteiger partial charge is 0.352 e. The lowest BCUT2D eigenvalue weighted by Crippen LogP contribution is -2.53. The molecule has 2 amide bonds. The van der Waals surface area contributed by atoms with Crippen LogP contribution in [0.4, 0.5) is 5.69 Å². The first-order chi connectivity index (χ1) is 19.5. The Balaban J connectivity index is 2.06. The van der Waals surface area contributed by atoms with Crippen LogP contribution in [0.1, 0.15) is 44.7 Å². The van der Waals surface area contributed by atoms with Gasteiger partial charge in [0.25, 0.3) is 10.0 Å². The van der Waals surface area contributed by atoms with E-state index >= 15 is 0 Å². The molecule has 2 atom stereocenters. The summed E-state index contributed by atoms with van der Waals surface area (Å²) in [7, 11) is -4.13. The van der Waals surface area contributed by atoms with Gasteiger partial charge in [-0.1, -0.05) is 61.3 Å². The lowest BCUT2D eigenvalue weighted by molar-refractivity contribution is -0.140. The minimum absolute atomic E-state index is 0.0507. The standard InChI is InChI=1S/C31H38ClN3O4S2/c1-6-23(4)33-31(37)29(7-2)34(20-24-10-8-9-11-28(24)32)30(36)21-35(25-14-12-22(3)13-15-25)41(38,39)27-18-16-26(40-5)17-19-27/h8-19,23,29H,6-7,20-21H2,1-5H3,(H,33,37). The highest BCUT2D eigenvalue weighted by atomic mass is 35.5. The minimum Gasteiger partial charge on any atom is -0.352 e. The van der Waals surface area contributed by atoms with Crippen LogP contribution in [-0.2, 0) is 26.2 Å². The molecule has 0 aromatic heterocycles. The fourth-order valence-electron chi connectivity index (χ4n) is 4.29. The Morgan fingerprint density at radius 2 is 1.59 bits per heavy atom. The number of aryl methyl sites for hydroxylation is 1. The first-order valence-electron chi connectivity index (χ1n) is 13.6. The molecule has 41 heavy (non-hydrogen) atoms. The summed E-state index contributed by atoms with van der Waals surface area (Å²) in [6.45, 7) is 7.16. The molecule has 0 aliphatic rings. The summed E-state index contributed by atoms with van der Waals surface area (Å²) >= 11 is 7.96. The van der Waals surface area contributed by atoms with E-state index in [0.717, 1.165) is 21.2 Å². The highest BCUT2D eigenvalue weighted by molar-refractivity contribution is 7.98. The lowest BCUT2D eigenvalue weighted by Gasteiger charge is -2.34. The van der Waals surface area contributed by atoms with E-state index in [-0.39, 0.29) is 23.4 Å². The maximum absolute atomic E-state index is 14.1.